The summed E-state index contributed by atoms with van der Waals surface area (Å²) in [4.78, 5) is 14.5. The second kappa shape index (κ2) is 8.22. The van der Waals surface area contributed by atoms with Crippen molar-refractivity contribution < 1.29 is 13.2 Å². The van der Waals surface area contributed by atoms with Gasteiger partial charge >= 0.3 is 0 Å². The number of nitrogens with zero attached hydrogens (tertiary/aromatic N) is 4. The van der Waals surface area contributed by atoms with Crippen molar-refractivity contribution in [1.82, 2.24) is 19.7 Å². The lowest BCUT2D eigenvalue weighted by Crippen LogP contribution is -2.42. The summed E-state index contributed by atoms with van der Waals surface area (Å²) in [5, 5.41) is 8.68. The van der Waals surface area contributed by atoms with Gasteiger partial charge in [0.25, 0.3) is 0 Å². The highest BCUT2D eigenvalue weighted by Crippen LogP contribution is 2.23. The predicted molar refractivity (Wildman–Crippen MR) is 101 cm³/mol. The van der Waals surface area contributed by atoms with Crippen molar-refractivity contribution in [3.63, 3.8) is 0 Å². The van der Waals surface area contributed by atoms with Crippen LogP contribution in [0.1, 0.15) is 19.8 Å². The maximum absolute atomic E-state index is 12.7. The number of benzene rings is 1. The monoisotopic (exact) mass is 394 g/mol. The first-order chi connectivity index (χ1) is 12.5. The van der Waals surface area contributed by atoms with E-state index in [9.17, 15) is 13.2 Å². The van der Waals surface area contributed by atoms with E-state index in [1.165, 1.54) is 11.8 Å². The third kappa shape index (κ3) is 4.45. The zero-order valence-electron chi connectivity index (χ0n) is 14.6. The molecule has 0 bridgehead atoms. The van der Waals surface area contributed by atoms with Crippen molar-refractivity contribution in [2.75, 3.05) is 23.8 Å². The van der Waals surface area contributed by atoms with E-state index in [1.54, 1.807) is 11.2 Å². The van der Waals surface area contributed by atoms with Crippen LogP contribution in [0.3, 0.4) is 0 Å². The van der Waals surface area contributed by atoms with Crippen molar-refractivity contribution in [1.29, 1.82) is 0 Å². The minimum Gasteiger partial charge on any atom is -0.338 e. The molecular formula is C17H22N4O3S2. The summed E-state index contributed by atoms with van der Waals surface area (Å²) >= 11 is 1.32. The summed E-state index contributed by atoms with van der Waals surface area (Å²) in [7, 11) is -3.02. The number of hydrogen-bond acceptors (Lipinski definition) is 6. The Morgan fingerprint density at radius 3 is 2.77 bits per heavy atom. The molecule has 140 valence electrons. The molecule has 0 aliphatic carbocycles. The minimum absolute atomic E-state index is 0.0541. The van der Waals surface area contributed by atoms with Crippen molar-refractivity contribution >= 4 is 27.5 Å². The van der Waals surface area contributed by atoms with E-state index in [1.807, 2.05) is 41.8 Å². The van der Waals surface area contributed by atoms with Gasteiger partial charge in [-0.05, 0) is 25.0 Å². The Labute approximate surface area is 157 Å². The van der Waals surface area contributed by atoms with Crippen LogP contribution in [-0.4, -0.2) is 63.8 Å². The maximum Gasteiger partial charge on any atom is 0.233 e. The number of para-hydroxylation sites is 1. The second-order valence-corrected chi connectivity index (χ2v) is 9.42. The van der Waals surface area contributed by atoms with E-state index in [-0.39, 0.29) is 29.2 Å². The number of carbonyl (C=O) groups excluding carboxylic acids is 1. The van der Waals surface area contributed by atoms with Gasteiger partial charge in [-0.3, -0.25) is 9.36 Å². The van der Waals surface area contributed by atoms with E-state index in [2.05, 4.69) is 10.2 Å². The maximum atomic E-state index is 12.7. The predicted octanol–water partition coefficient (Wildman–Crippen LogP) is 1.79. The Bertz CT molecular complexity index is 852. The van der Waals surface area contributed by atoms with Crippen molar-refractivity contribution in [2.24, 2.45) is 0 Å². The molecule has 1 amide bonds. The van der Waals surface area contributed by atoms with Crippen LogP contribution in [0, 0.1) is 0 Å². The molecular weight excluding hydrogens is 372 g/mol. The van der Waals surface area contributed by atoms with Gasteiger partial charge in [-0.15, -0.1) is 10.2 Å². The highest BCUT2D eigenvalue weighted by atomic mass is 32.2. The SMILES string of the molecule is CCCN(C(=O)CSc1nncn1-c1ccccc1)C1CCS(=O)(=O)C1. The fraction of sp³-hybridized carbons (Fsp3) is 0.471. The van der Waals surface area contributed by atoms with Gasteiger partial charge in [-0.1, -0.05) is 36.9 Å². The molecule has 1 aliphatic rings. The fourth-order valence-corrected chi connectivity index (χ4v) is 5.62. The molecule has 2 aromatic rings. The Morgan fingerprint density at radius 2 is 2.12 bits per heavy atom. The van der Waals surface area contributed by atoms with Gasteiger partial charge < -0.3 is 4.90 Å². The zero-order chi connectivity index (χ0) is 18.6. The lowest BCUT2D eigenvalue weighted by Gasteiger charge is -2.27. The molecule has 9 heteroatoms. The molecule has 2 heterocycles. The Balaban J connectivity index is 1.67. The lowest BCUT2D eigenvalue weighted by atomic mass is 10.2. The standard InChI is InChI=1S/C17H22N4O3S2/c1-2-9-20(15-8-10-26(23,24)12-15)16(22)11-25-17-19-18-13-21(17)14-6-4-3-5-7-14/h3-7,13,15H,2,8-12H2,1H3. The fourth-order valence-electron chi connectivity index (χ4n) is 3.07. The zero-order valence-corrected chi connectivity index (χ0v) is 16.2. The normalized spacial score (nSPS) is 18.7. The molecule has 1 unspecified atom stereocenters. The van der Waals surface area contributed by atoms with Gasteiger partial charge in [0.05, 0.1) is 17.3 Å². The highest BCUT2D eigenvalue weighted by Gasteiger charge is 2.34. The summed E-state index contributed by atoms with van der Waals surface area (Å²) in [6.07, 6.45) is 2.95. The van der Waals surface area contributed by atoms with E-state index in [4.69, 9.17) is 0 Å². The van der Waals surface area contributed by atoms with Crippen LogP contribution >= 0.6 is 11.8 Å². The number of amides is 1. The number of carbonyl (C=O) groups is 1. The van der Waals surface area contributed by atoms with Crippen molar-refractivity contribution in [3.8, 4) is 5.69 Å². The second-order valence-electron chi connectivity index (χ2n) is 6.25. The average molecular weight is 395 g/mol. The number of rotatable bonds is 7. The largest absolute Gasteiger partial charge is 0.338 e. The van der Waals surface area contributed by atoms with Crippen LogP contribution in [0.25, 0.3) is 5.69 Å². The first kappa shape index (κ1) is 18.9. The average Bonchev–Trinajstić information content (AvgIpc) is 3.24. The first-order valence-electron chi connectivity index (χ1n) is 8.58. The van der Waals surface area contributed by atoms with Crippen LogP contribution in [-0.2, 0) is 14.6 Å². The molecule has 0 saturated carbocycles. The molecule has 1 aromatic carbocycles. The highest BCUT2D eigenvalue weighted by molar-refractivity contribution is 7.99. The van der Waals surface area contributed by atoms with Gasteiger partial charge in [-0.25, -0.2) is 8.42 Å². The summed E-state index contributed by atoms with van der Waals surface area (Å²) in [5.41, 5.74) is 0.930. The molecule has 7 nitrogen and oxygen atoms in total. The van der Waals surface area contributed by atoms with Gasteiger partial charge in [-0.2, -0.15) is 0 Å². The number of aromatic nitrogens is 3. The van der Waals surface area contributed by atoms with Crippen LogP contribution in [0.5, 0.6) is 0 Å². The molecule has 1 fully saturated rings. The van der Waals surface area contributed by atoms with Crippen LogP contribution in [0.2, 0.25) is 0 Å². The van der Waals surface area contributed by atoms with Crippen molar-refractivity contribution in [2.45, 2.75) is 31.0 Å². The minimum atomic E-state index is -3.02. The molecule has 1 aromatic heterocycles. The third-order valence-electron chi connectivity index (χ3n) is 4.31. The quantitative estimate of drug-likeness (QED) is 0.666. The number of thioether (sulfide) groups is 1. The number of sulfone groups is 1. The van der Waals surface area contributed by atoms with Gasteiger partial charge in [0, 0.05) is 18.3 Å². The van der Waals surface area contributed by atoms with E-state index in [0.717, 1.165) is 12.1 Å². The van der Waals surface area contributed by atoms with E-state index >= 15 is 0 Å². The molecule has 0 spiro atoms. The van der Waals surface area contributed by atoms with Gasteiger partial charge in [0.1, 0.15) is 6.33 Å². The van der Waals surface area contributed by atoms with Gasteiger partial charge in [0.15, 0.2) is 15.0 Å². The van der Waals surface area contributed by atoms with E-state index < -0.39 is 9.84 Å². The molecule has 1 saturated heterocycles. The summed E-state index contributed by atoms with van der Waals surface area (Å²) in [6, 6.07) is 9.48. The Hall–Kier alpha value is -1.87. The van der Waals surface area contributed by atoms with Crippen LogP contribution in [0.4, 0.5) is 0 Å². The Morgan fingerprint density at radius 1 is 1.35 bits per heavy atom. The van der Waals surface area contributed by atoms with Crippen LogP contribution in [0.15, 0.2) is 41.8 Å². The third-order valence-corrected chi connectivity index (χ3v) is 6.99. The topological polar surface area (TPSA) is 85.2 Å². The molecule has 0 N–H and O–H groups in total. The molecule has 3 rings (SSSR count). The van der Waals surface area contributed by atoms with Gasteiger partial charge in [0.2, 0.25) is 5.91 Å². The lowest BCUT2D eigenvalue weighted by molar-refractivity contribution is -0.130. The summed E-state index contributed by atoms with van der Waals surface area (Å²) < 4.78 is 25.3. The smallest absolute Gasteiger partial charge is 0.233 e. The summed E-state index contributed by atoms with van der Waals surface area (Å²) in [6.45, 7) is 2.56. The molecule has 1 atom stereocenters. The Kier molecular flexibility index (Phi) is 5.98. The number of hydrogen-bond donors (Lipinski definition) is 0. The van der Waals surface area contributed by atoms with E-state index in [0.29, 0.717) is 18.1 Å². The molecule has 26 heavy (non-hydrogen) atoms. The summed E-state index contributed by atoms with van der Waals surface area (Å²) in [5.74, 6) is 0.397. The first-order valence-corrected chi connectivity index (χ1v) is 11.4. The van der Waals surface area contributed by atoms with Crippen LogP contribution < -0.4 is 0 Å². The molecule has 1 aliphatic heterocycles. The molecule has 0 radical (unpaired) electrons. The van der Waals surface area contributed by atoms with Crippen molar-refractivity contribution in [3.05, 3.63) is 36.7 Å².